The molecule has 0 aromatic carbocycles. The Labute approximate surface area is 117 Å². The van der Waals surface area contributed by atoms with Crippen molar-refractivity contribution >= 4 is 5.97 Å². The minimum Gasteiger partial charge on any atom is -0.367 e. The Bertz CT molecular complexity index is 302. The second-order valence-corrected chi connectivity index (χ2v) is 6.42. The molecule has 1 saturated carbocycles. The predicted molar refractivity (Wildman–Crippen MR) is 77.4 cm³/mol. The molecule has 0 bridgehead atoms. The van der Waals surface area contributed by atoms with Crippen LogP contribution in [0.2, 0.25) is 0 Å². The second-order valence-electron chi connectivity index (χ2n) is 6.42. The van der Waals surface area contributed by atoms with Crippen molar-refractivity contribution < 1.29 is 14.1 Å². The zero-order valence-electron chi connectivity index (χ0n) is 12.7. The van der Waals surface area contributed by atoms with Gasteiger partial charge in [0.2, 0.25) is 0 Å². The van der Waals surface area contributed by atoms with Crippen LogP contribution >= 0.6 is 0 Å². The van der Waals surface area contributed by atoms with E-state index in [1.807, 2.05) is 0 Å². The lowest BCUT2D eigenvalue weighted by molar-refractivity contribution is -0.926. The third-order valence-corrected chi connectivity index (χ3v) is 4.47. The molecule has 0 amide bonds. The normalized spacial score (nSPS) is 18.9. The summed E-state index contributed by atoms with van der Waals surface area (Å²) < 4.78 is 1.03. The molecule has 1 fully saturated rings. The third kappa shape index (κ3) is 4.62. The Morgan fingerprint density at radius 1 is 1.32 bits per heavy atom. The molecule has 0 unspecified atom stereocenters. The lowest BCUT2D eigenvalue weighted by Crippen LogP contribution is -2.58. The average molecular weight is 269 g/mol. The number of carbonyl (C=O) groups is 1. The molecule has 19 heavy (non-hydrogen) atoms. The Balaban J connectivity index is 2.38. The molecule has 4 heteroatoms. The number of nitrogens with zero attached hydrogens (tertiary/aromatic N) is 1. The van der Waals surface area contributed by atoms with E-state index in [0.29, 0.717) is 12.1 Å². The first kappa shape index (κ1) is 16.2. The summed E-state index contributed by atoms with van der Waals surface area (Å²) >= 11 is 0. The lowest BCUT2D eigenvalue weighted by Gasteiger charge is -2.49. The molecule has 0 heterocycles. The molecule has 0 spiro atoms. The van der Waals surface area contributed by atoms with Gasteiger partial charge in [-0.1, -0.05) is 13.0 Å². The lowest BCUT2D eigenvalue weighted by atomic mass is 9.76. The third-order valence-electron chi connectivity index (χ3n) is 4.47. The Kier molecular flexibility index (Phi) is 6.01. The van der Waals surface area contributed by atoms with Crippen LogP contribution in [-0.4, -0.2) is 43.7 Å². The molecule has 1 aliphatic rings. The number of quaternary nitrogens is 1. The fourth-order valence-corrected chi connectivity index (χ4v) is 3.12. The van der Waals surface area contributed by atoms with Crippen LogP contribution < -0.4 is 5.48 Å². The van der Waals surface area contributed by atoms with Crippen LogP contribution in [0, 0.1) is 0 Å². The predicted octanol–water partition coefficient (Wildman–Crippen LogP) is 2.41. The molecule has 1 N–H and O–H groups in total. The monoisotopic (exact) mass is 269 g/mol. The van der Waals surface area contributed by atoms with Gasteiger partial charge in [-0.2, -0.15) is 5.48 Å². The maximum absolute atomic E-state index is 10.9. The molecule has 1 rings (SSSR count). The number of nitrogens with one attached hydrogen (secondary N) is 1. The van der Waals surface area contributed by atoms with E-state index in [4.69, 9.17) is 4.84 Å². The van der Waals surface area contributed by atoms with Crippen LogP contribution in [0.1, 0.15) is 44.9 Å². The minimum atomic E-state index is -0.418. The van der Waals surface area contributed by atoms with Crippen LogP contribution in [0.4, 0.5) is 0 Å². The summed E-state index contributed by atoms with van der Waals surface area (Å²) in [7, 11) is 6.91. The van der Waals surface area contributed by atoms with Crippen LogP contribution in [0.15, 0.2) is 12.7 Å². The van der Waals surface area contributed by atoms with Gasteiger partial charge in [-0.3, -0.25) is 0 Å². The zero-order valence-corrected chi connectivity index (χ0v) is 12.7. The largest absolute Gasteiger partial charge is 0.367 e. The summed E-state index contributed by atoms with van der Waals surface area (Å²) in [5.41, 5.74) is 3.11. The quantitative estimate of drug-likeness (QED) is 0.334. The molecule has 1 aliphatic carbocycles. The highest BCUT2D eigenvalue weighted by Crippen LogP contribution is 2.39. The first-order valence-corrected chi connectivity index (χ1v) is 7.29. The van der Waals surface area contributed by atoms with Crippen molar-refractivity contribution in [3.63, 3.8) is 0 Å². The van der Waals surface area contributed by atoms with E-state index >= 15 is 0 Å². The summed E-state index contributed by atoms with van der Waals surface area (Å²) in [6, 6.07) is 0. The molecule has 0 radical (unpaired) electrons. The maximum atomic E-state index is 10.9. The molecule has 0 aromatic rings. The summed E-state index contributed by atoms with van der Waals surface area (Å²) in [6.45, 7) is 4.07. The molecule has 0 aromatic heterocycles. The fourth-order valence-electron chi connectivity index (χ4n) is 3.12. The smallest absolute Gasteiger partial charge is 0.348 e. The van der Waals surface area contributed by atoms with Crippen molar-refractivity contribution in [2.75, 3.05) is 27.7 Å². The molecular formula is C15H29N2O2+. The van der Waals surface area contributed by atoms with Crippen molar-refractivity contribution in [3.8, 4) is 0 Å². The molecule has 0 saturated heterocycles. The van der Waals surface area contributed by atoms with Gasteiger partial charge in [-0.15, -0.1) is 0 Å². The van der Waals surface area contributed by atoms with Gasteiger partial charge in [0.25, 0.3) is 0 Å². The minimum absolute atomic E-state index is 0.391. The van der Waals surface area contributed by atoms with Crippen molar-refractivity contribution in [2.24, 2.45) is 0 Å². The first-order valence-electron chi connectivity index (χ1n) is 7.29. The van der Waals surface area contributed by atoms with E-state index in [2.05, 4.69) is 33.2 Å². The van der Waals surface area contributed by atoms with Gasteiger partial charge >= 0.3 is 5.97 Å². The van der Waals surface area contributed by atoms with E-state index in [0.717, 1.165) is 10.9 Å². The summed E-state index contributed by atoms with van der Waals surface area (Å²) in [5, 5.41) is 0. The number of hydrogen-bond donors (Lipinski definition) is 1. The number of hydrogen-bond acceptors (Lipinski definition) is 3. The SMILES string of the molecule is C=CC(=O)ONCCCC1([N+](C)(C)C)CCCCC1. The highest BCUT2D eigenvalue weighted by atomic mass is 16.7. The molecule has 0 atom stereocenters. The van der Waals surface area contributed by atoms with E-state index in [-0.39, 0.29) is 0 Å². The van der Waals surface area contributed by atoms with Crippen LogP contribution in [0.5, 0.6) is 0 Å². The molecule has 4 nitrogen and oxygen atoms in total. The van der Waals surface area contributed by atoms with E-state index in [9.17, 15) is 4.79 Å². The number of carbonyl (C=O) groups excluding carboxylic acids is 1. The zero-order chi connectivity index (χ0) is 14.4. The van der Waals surface area contributed by atoms with E-state index in [1.54, 1.807) is 0 Å². The summed E-state index contributed by atoms with van der Waals surface area (Å²) in [4.78, 5) is 15.7. The Morgan fingerprint density at radius 3 is 2.47 bits per heavy atom. The Morgan fingerprint density at radius 2 is 1.95 bits per heavy atom. The first-order chi connectivity index (χ1) is 8.91. The molecular weight excluding hydrogens is 240 g/mol. The maximum Gasteiger partial charge on any atom is 0.348 e. The Hall–Kier alpha value is -0.870. The fraction of sp³-hybridized carbons (Fsp3) is 0.800. The highest BCUT2D eigenvalue weighted by molar-refractivity contribution is 5.80. The van der Waals surface area contributed by atoms with Gasteiger partial charge in [0.15, 0.2) is 0 Å². The van der Waals surface area contributed by atoms with Crippen molar-refractivity contribution in [1.82, 2.24) is 5.48 Å². The van der Waals surface area contributed by atoms with Gasteiger partial charge < -0.3 is 9.32 Å². The average Bonchev–Trinajstić information content (AvgIpc) is 2.38. The van der Waals surface area contributed by atoms with E-state index in [1.165, 1.54) is 44.6 Å². The van der Waals surface area contributed by atoms with Crippen LogP contribution in [0.3, 0.4) is 0 Å². The topological polar surface area (TPSA) is 38.3 Å². The molecule has 0 aliphatic heterocycles. The van der Waals surface area contributed by atoms with Gasteiger partial charge in [-0.05, 0) is 19.3 Å². The highest BCUT2D eigenvalue weighted by Gasteiger charge is 2.42. The van der Waals surface area contributed by atoms with Gasteiger partial charge in [0, 0.05) is 31.9 Å². The second kappa shape index (κ2) is 7.06. The van der Waals surface area contributed by atoms with Crippen molar-refractivity contribution in [3.05, 3.63) is 12.7 Å². The summed E-state index contributed by atoms with van der Waals surface area (Å²) in [5.74, 6) is -0.418. The van der Waals surface area contributed by atoms with Gasteiger partial charge in [0.1, 0.15) is 0 Å². The number of hydroxylamine groups is 1. The van der Waals surface area contributed by atoms with Crippen LogP contribution in [0.25, 0.3) is 0 Å². The van der Waals surface area contributed by atoms with Crippen molar-refractivity contribution in [1.29, 1.82) is 0 Å². The summed E-state index contributed by atoms with van der Waals surface area (Å²) in [6.07, 6.45) is 10.0. The van der Waals surface area contributed by atoms with Gasteiger partial charge in [0.05, 0.1) is 26.7 Å². The van der Waals surface area contributed by atoms with E-state index < -0.39 is 5.97 Å². The van der Waals surface area contributed by atoms with Crippen LogP contribution in [-0.2, 0) is 9.63 Å². The standard InChI is InChI=1S/C15H29N2O2/c1-5-14(18)19-16-13-9-12-15(17(2,3)4)10-7-6-8-11-15/h5,16H,1,6-13H2,2-4H3/q+1. The van der Waals surface area contributed by atoms with Crippen molar-refractivity contribution in [2.45, 2.75) is 50.5 Å². The molecule has 110 valence electrons. The number of rotatable bonds is 7. The van der Waals surface area contributed by atoms with Gasteiger partial charge in [-0.25, -0.2) is 4.79 Å².